The number of imide groups is 1. The Morgan fingerprint density at radius 2 is 1.89 bits per heavy atom. The van der Waals surface area contributed by atoms with E-state index in [9.17, 15) is 14.4 Å². The number of fused-ring (bicyclic) bond motifs is 1. The van der Waals surface area contributed by atoms with Crippen LogP contribution in [0.1, 0.15) is 37.3 Å². The van der Waals surface area contributed by atoms with Gasteiger partial charge in [-0.3, -0.25) is 9.69 Å². The van der Waals surface area contributed by atoms with Crippen molar-refractivity contribution >= 4 is 23.7 Å². The van der Waals surface area contributed by atoms with E-state index >= 15 is 0 Å². The highest BCUT2D eigenvalue weighted by Gasteiger charge is 2.56. The third kappa shape index (κ3) is 3.02. The van der Waals surface area contributed by atoms with E-state index in [0.29, 0.717) is 26.2 Å². The largest absolute Gasteiger partial charge is 0.327 e. The summed E-state index contributed by atoms with van der Waals surface area (Å²) in [5.41, 5.74) is 3.13. The highest BCUT2D eigenvalue weighted by atomic mass is 16.2. The van der Waals surface area contributed by atoms with Gasteiger partial charge < -0.3 is 15.1 Å². The van der Waals surface area contributed by atoms with Crippen LogP contribution in [0.15, 0.2) is 18.2 Å². The molecule has 1 atom stereocenters. The van der Waals surface area contributed by atoms with Gasteiger partial charge in [-0.25, -0.2) is 9.59 Å². The fraction of sp³-hybridized carbons (Fsp3) is 0.571. The first kappa shape index (κ1) is 18.8. The SMILES string of the molecule is CCN1C(=O)[C@@H]2CC3(CCN(C(=O)Nc4ccc(C)c(C)c4)CC3)CN2C1=O. The van der Waals surface area contributed by atoms with Crippen LogP contribution in [0.2, 0.25) is 0 Å². The molecule has 3 fully saturated rings. The zero-order valence-electron chi connectivity index (χ0n) is 16.8. The Kier molecular flexibility index (Phi) is 4.56. The predicted octanol–water partition coefficient (Wildman–Crippen LogP) is 2.97. The van der Waals surface area contributed by atoms with Gasteiger partial charge in [0, 0.05) is 31.9 Å². The van der Waals surface area contributed by atoms with Gasteiger partial charge in [0.1, 0.15) is 6.04 Å². The third-order valence-electron chi connectivity index (χ3n) is 6.72. The molecule has 0 aromatic heterocycles. The maximum Gasteiger partial charge on any atom is 0.327 e. The molecular formula is C21H28N4O3. The van der Waals surface area contributed by atoms with E-state index in [-0.39, 0.29) is 29.4 Å². The van der Waals surface area contributed by atoms with Crippen molar-refractivity contribution in [3.63, 3.8) is 0 Å². The van der Waals surface area contributed by atoms with Crippen LogP contribution in [0.25, 0.3) is 0 Å². The summed E-state index contributed by atoms with van der Waals surface area (Å²) in [6.07, 6.45) is 2.38. The molecule has 0 aliphatic carbocycles. The fourth-order valence-corrected chi connectivity index (χ4v) is 4.77. The standard InChI is InChI=1S/C21H28N4O3/c1-4-24-18(26)17-12-21(13-25(17)20(24)28)7-9-23(10-8-21)19(27)22-16-6-5-14(2)15(3)11-16/h5-6,11,17H,4,7-10,12-13H2,1-3H3,(H,22,27)/t17-/m0/s1. The van der Waals surface area contributed by atoms with E-state index < -0.39 is 0 Å². The minimum atomic E-state index is -0.302. The molecule has 0 radical (unpaired) electrons. The molecule has 3 saturated heterocycles. The number of hydrogen-bond acceptors (Lipinski definition) is 3. The number of nitrogens with one attached hydrogen (secondary N) is 1. The number of likely N-dealkylation sites (N-methyl/N-ethyl adjacent to an activating group) is 1. The summed E-state index contributed by atoms with van der Waals surface area (Å²) in [7, 11) is 0. The number of urea groups is 2. The number of benzene rings is 1. The van der Waals surface area contributed by atoms with Crippen molar-refractivity contribution in [2.75, 3.05) is 31.5 Å². The first-order valence-corrected chi connectivity index (χ1v) is 10.1. The molecule has 1 N–H and O–H groups in total. The van der Waals surface area contributed by atoms with Crippen molar-refractivity contribution in [2.24, 2.45) is 5.41 Å². The second-order valence-electron chi connectivity index (χ2n) is 8.43. The molecule has 28 heavy (non-hydrogen) atoms. The van der Waals surface area contributed by atoms with E-state index in [4.69, 9.17) is 0 Å². The first-order chi connectivity index (χ1) is 13.3. The fourth-order valence-electron chi connectivity index (χ4n) is 4.77. The summed E-state index contributed by atoms with van der Waals surface area (Å²) in [5, 5.41) is 2.99. The van der Waals surface area contributed by atoms with Crippen molar-refractivity contribution in [1.82, 2.24) is 14.7 Å². The molecule has 1 spiro atoms. The van der Waals surface area contributed by atoms with E-state index in [2.05, 4.69) is 5.32 Å². The molecule has 1 aromatic carbocycles. The average Bonchev–Trinajstić information content (AvgIpc) is 3.14. The summed E-state index contributed by atoms with van der Waals surface area (Å²) < 4.78 is 0. The van der Waals surface area contributed by atoms with Gasteiger partial charge in [0.2, 0.25) is 0 Å². The van der Waals surface area contributed by atoms with Crippen LogP contribution in [0.4, 0.5) is 15.3 Å². The number of piperidine rings is 1. The second-order valence-corrected chi connectivity index (χ2v) is 8.43. The lowest BCUT2D eigenvalue weighted by Gasteiger charge is -2.39. The number of nitrogens with zero attached hydrogens (tertiary/aromatic N) is 3. The Labute approximate surface area is 165 Å². The molecular weight excluding hydrogens is 356 g/mol. The molecule has 4 rings (SSSR count). The number of rotatable bonds is 2. The van der Waals surface area contributed by atoms with Crippen molar-refractivity contribution in [3.05, 3.63) is 29.3 Å². The van der Waals surface area contributed by atoms with E-state index in [1.165, 1.54) is 10.5 Å². The van der Waals surface area contributed by atoms with Gasteiger partial charge in [-0.15, -0.1) is 0 Å². The zero-order valence-corrected chi connectivity index (χ0v) is 16.8. The Bertz CT molecular complexity index is 803. The molecule has 7 heteroatoms. The molecule has 1 aromatic rings. The van der Waals surface area contributed by atoms with E-state index in [0.717, 1.165) is 30.5 Å². The molecule has 3 heterocycles. The van der Waals surface area contributed by atoms with Gasteiger partial charge in [-0.1, -0.05) is 6.07 Å². The van der Waals surface area contributed by atoms with Gasteiger partial charge >= 0.3 is 12.1 Å². The Balaban J connectivity index is 1.36. The summed E-state index contributed by atoms with van der Waals surface area (Å²) >= 11 is 0. The lowest BCUT2D eigenvalue weighted by atomic mass is 9.76. The summed E-state index contributed by atoms with van der Waals surface area (Å²) in [6, 6.07) is 5.39. The highest BCUT2D eigenvalue weighted by Crippen LogP contribution is 2.46. The first-order valence-electron chi connectivity index (χ1n) is 10.1. The van der Waals surface area contributed by atoms with Crippen molar-refractivity contribution in [3.8, 4) is 0 Å². The van der Waals surface area contributed by atoms with Gasteiger partial charge in [0.25, 0.3) is 5.91 Å². The zero-order chi connectivity index (χ0) is 20.1. The lowest BCUT2D eigenvalue weighted by molar-refractivity contribution is -0.128. The van der Waals surface area contributed by atoms with Gasteiger partial charge in [-0.2, -0.15) is 0 Å². The molecule has 0 bridgehead atoms. The van der Waals surface area contributed by atoms with Crippen LogP contribution in [-0.2, 0) is 4.79 Å². The van der Waals surface area contributed by atoms with Crippen LogP contribution < -0.4 is 5.32 Å². The Morgan fingerprint density at radius 3 is 2.50 bits per heavy atom. The van der Waals surface area contributed by atoms with Gasteiger partial charge in [0.15, 0.2) is 0 Å². The highest BCUT2D eigenvalue weighted by molar-refractivity contribution is 6.04. The van der Waals surface area contributed by atoms with Gasteiger partial charge in [0.05, 0.1) is 0 Å². The topological polar surface area (TPSA) is 73.0 Å². The number of amides is 5. The quantitative estimate of drug-likeness (QED) is 0.797. The van der Waals surface area contributed by atoms with Crippen LogP contribution in [-0.4, -0.2) is 64.9 Å². The Morgan fingerprint density at radius 1 is 1.18 bits per heavy atom. The van der Waals surface area contributed by atoms with E-state index in [1.54, 1.807) is 4.90 Å². The van der Waals surface area contributed by atoms with Crippen LogP contribution in [0, 0.1) is 19.3 Å². The van der Waals surface area contributed by atoms with Crippen molar-refractivity contribution < 1.29 is 14.4 Å². The number of carbonyl (C=O) groups is 3. The van der Waals surface area contributed by atoms with E-state index in [1.807, 2.05) is 43.9 Å². The summed E-state index contributed by atoms with van der Waals surface area (Å²) in [4.78, 5) is 42.5. The molecule has 150 valence electrons. The number of anilines is 1. The lowest BCUT2D eigenvalue weighted by Crippen LogP contribution is -2.47. The van der Waals surface area contributed by atoms with Crippen molar-refractivity contribution in [2.45, 2.75) is 46.1 Å². The maximum absolute atomic E-state index is 12.6. The third-order valence-corrected chi connectivity index (χ3v) is 6.72. The smallest absolute Gasteiger partial charge is 0.324 e. The maximum atomic E-state index is 12.6. The van der Waals surface area contributed by atoms with Crippen LogP contribution >= 0.6 is 0 Å². The molecule has 3 aliphatic heterocycles. The van der Waals surface area contributed by atoms with Gasteiger partial charge in [-0.05, 0) is 68.7 Å². The second kappa shape index (κ2) is 6.79. The number of carbonyl (C=O) groups excluding carboxylic acids is 3. The predicted molar refractivity (Wildman–Crippen MR) is 106 cm³/mol. The average molecular weight is 384 g/mol. The molecule has 0 unspecified atom stereocenters. The van der Waals surface area contributed by atoms with Crippen LogP contribution in [0.3, 0.4) is 0 Å². The van der Waals surface area contributed by atoms with Crippen LogP contribution in [0.5, 0.6) is 0 Å². The summed E-state index contributed by atoms with van der Waals surface area (Å²) in [5.74, 6) is -0.0562. The normalized spacial score (nSPS) is 23.5. The summed E-state index contributed by atoms with van der Waals surface area (Å²) in [6.45, 7) is 8.28. The molecule has 5 amide bonds. The van der Waals surface area contributed by atoms with Crippen molar-refractivity contribution in [1.29, 1.82) is 0 Å². The minimum absolute atomic E-state index is 0.0347. The Hall–Kier alpha value is -2.57. The minimum Gasteiger partial charge on any atom is -0.324 e. The number of aryl methyl sites for hydroxylation is 2. The molecule has 7 nitrogen and oxygen atoms in total. The number of likely N-dealkylation sites (tertiary alicyclic amines) is 1. The monoisotopic (exact) mass is 384 g/mol. The molecule has 0 saturated carbocycles. The molecule has 3 aliphatic rings. The number of hydrogen-bond donors (Lipinski definition) is 1.